The van der Waals surface area contributed by atoms with E-state index in [-0.39, 0.29) is 28.1 Å². The highest BCUT2D eigenvalue weighted by Gasteiger charge is 2.54. The molecule has 3 aliphatic heterocycles. The first-order valence-electron chi connectivity index (χ1n) is 12.7. The minimum Gasteiger partial charge on any atom is -0.387 e. The Kier molecular flexibility index (Phi) is 7.16. The molecule has 3 aliphatic rings. The minimum atomic E-state index is -5.06. The van der Waals surface area contributed by atoms with Crippen molar-refractivity contribution in [3.63, 3.8) is 0 Å². The van der Waals surface area contributed by atoms with Gasteiger partial charge in [0.2, 0.25) is 0 Å². The van der Waals surface area contributed by atoms with Crippen LogP contribution in [0.5, 0.6) is 0 Å². The maximum absolute atomic E-state index is 13.1. The largest absolute Gasteiger partial charge is 0.472 e. The van der Waals surface area contributed by atoms with Gasteiger partial charge in [0.15, 0.2) is 35.1 Å². The molecule has 22 nitrogen and oxygen atoms in total. The molecule has 0 spiro atoms. The number of hydrogen-bond acceptors (Lipinski definition) is 17. The van der Waals surface area contributed by atoms with Crippen molar-refractivity contribution in [3.05, 3.63) is 35.7 Å². The summed E-state index contributed by atoms with van der Waals surface area (Å²) in [6.07, 6.45) is -7.96. The molecule has 24 heteroatoms. The quantitative estimate of drug-likeness (QED) is 0.128. The second-order valence-electron chi connectivity index (χ2n) is 9.92. The van der Waals surface area contributed by atoms with Crippen LogP contribution in [0.3, 0.4) is 0 Å². The lowest BCUT2D eigenvalue weighted by Crippen LogP contribution is -2.38. The Morgan fingerprint density at radius 3 is 1.91 bits per heavy atom. The lowest BCUT2D eigenvalue weighted by Gasteiger charge is -2.26. The Labute approximate surface area is 243 Å². The van der Waals surface area contributed by atoms with Gasteiger partial charge in [0, 0.05) is 0 Å². The van der Waals surface area contributed by atoms with Gasteiger partial charge in [-0.3, -0.25) is 32.0 Å². The summed E-state index contributed by atoms with van der Waals surface area (Å²) < 4.78 is 61.2. The van der Waals surface area contributed by atoms with Crippen LogP contribution in [-0.2, 0) is 36.7 Å². The van der Waals surface area contributed by atoms with Crippen LogP contribution in [0.1, 0.15) is 12.5 Å². The molecular formula is C20H23N9O13P2. The van der Waals surface area contributed by atoms with Crippen LogP contribution in [0.4, 0.5) is 5.82 Å². The van der Waals surface area contributed by atoms with Crippen LogP contribution in [-0.4, -0.2) is 109 Å². The molecule has 3 saturated heterocycles. The van der Waals surface area contributed by atoms with Gasteiger partial charge >= 0.3 is 15.6 Å². The number of hydrogen-bond donors (Lipinski definition) is 6. The summed E-state index contributed by atoms with van der Waals surface area (Å²) in [5.74, 6) is 0.0238. The van der Waals surface area contributed by atoms with Crippen molar-refractivity contribution < 1.29 is 56.7 Å². The number of anilines is 1. The predicted molar refractivity (Wildman–Crippen MR) is 139 cm³/mol. The van der Waals surface area contributed by atoms with Crippen molar-refractivity contribution in [2.45, 2.75) is 49.1 Å². The fourth-order valence-electron chi connectivity index (χ4n) is 5.20. The molecule has 7 rings (SSSR count). The van der Waals surface area contributed by atoms with Gasteiger partial charge in [0.1, 0.15) is 48.5 Å². The van der Waals surface area contributed by atoms with Crippen molar-refractivity contribution in [3.8, 4) is 0 Å². The van der Waals surface area contributed by atoms with Crippen molar-refractivity contribution in [2.24, 2.45) is 0 Å². The number of aromatic amines is 1. The predicted octanol–water partition coefficient (Wildman–Crippen LogP) is -1.92. The summed E-state index contributed by atoms with van der Waals surface area (Å²) >= 11 is 0. The molecule has 0 amide bonds. The topological polar surface area (TPSA) is 304 Å². The Balaban J connectivity index is 1.22. The molecule has 4 bridgehead atoms. The van der Waals surface area contributed by atoms with E-state index in [9.17, 15) is 33.9 Å². The summed E-state index contributed by atoms with van der Waals surface area (Å²) in [6.45, 7) is -1.60. The Bertz CT molecular complexity index is 1880. The molecule has 236 valence electrons. The first-order valence-corrected chi connectivity index (χ1v) is 15.7. The highest BCUT2D eigenvalue weighted by molar-refractivity contribution is 7.47. The summed E-state index contributed by atoms with van der Waals surface area (Å²) in [7, 11) is -10.1. The molecule has 7 heterocycles. The van der Waals surface area contributed by atoms with E-state index in [4.69, 9.17) is 33.3 Å². The van der Waals surface area contributed by atoms with E-state index >= 15 is 0 Å². The molecule has 0 aromatic carbocycles. The molecule has 0 saturated carbocycles. The van der Waals surface area contributed by atoms with Gasteiger partial charge < -0.3 is 40.2 Å². The van der Waals surface area contributed by atoms with Gasteiger partial charge in [-0.05, 0) is 0 Å². The zero-order valence-electron chi connectivity index (χ0n) is 21.9. The first-order chi connectivity index (χ1) is 20.9. The zero-order valence-corrected chi connectivity index (χ0v) is 23.7. The van der Waals surface area contributed by atoms with Gasteiger partial charge in [-0.2, -0.15) is 0 Å². The average Bonchev–Trinajstić information content (AvgIpc) is 3.73. The van der Waals surface area contributed by atoms with E-state index in [0.717, 1.165) is 23.5 Å². The van der Waals surface area contributed by atoms with Crippen LogP contribution in [0, 0.1) is 0 Å². The Hall–Kier alpha value is -3.24. The SMILES string of the molecule is Nc1ncnc2c1ncn2C1OC2COP(=O)(O)O[C@H]3C(n4cnc5c(=O)[nH]cnc54)OC(COP(=O)(O)O[C@@H]1[C@@H]2O)[C@H]3O. The lowest BCUT2D eigenvalue weighted by atomic mass is 10.1. The summed E-state index contributed by atoms with van der Waals surface area (Å²) in [5, 5.41) is 22.1. The van der Waals surface area contributed by atoms with Gasteiger partial charge in [-0.1, -0.05) is 0 Å². The third kappa shape index (κ3) is 5.04. The number of nitrogens with zero attached hydrogens (tertiary/aromatic N) is 7. The van der Waals surface area contributed by atoms with Crippen LogP contribution < -0.4 is 11.3 Å². The van der Waals surface area contributed by atoms with E-state index in [2.05, 4.69) is 29.9 Å². The number of nitrogen functional groups attached to an aromatic ring is 1. The number of nitrogens with one attached hydrogen (secondary N) is 1. The lowest BCUT2D eigenvalue weighted by molar-refractivity contribution is -0.0675. The number of rotatable bonds is 2. The number of ether oxygens (including phenoxy) is 2. The van der Waals surface area contributed by atoms with Crippen LogP contribution >= 0.6 is 15.6 Å². The van der Waals surface area contributed by atoms with E-state index in [0.29, 0.717) is 0 Å². The average molecular weight is 659 g/mol. The summed E-state index contributed by atoms with van der Waals surface area (Å²) in [5.41, 5.74) is 5.40. The first kappa shape index (κ1) is 29.5. The summed E-state index contributed by atoms with van der Waals surface area (Å²) in [4.78, 5) is 55.8. The number of nitrogens with two attached hydrogens (primary N) is 1. The van der Waals surface area contributed by atoms with Crippen LogP contribution in [0.25, 0.3) is 22.3 Å². The van der Waals surface area contributed by atoms with Gasteiger partial charge in [0.05, 0.1) is 32.2 Å². The summed E-state index contributed by atoms with van der Waals surface area (Å²) in [6, 6.07) is 0. The van der Waals surface area contributed by atoms with Crippen molar-refractivity contribution in [2.75, 3.05) is 18.9 Å². The molecule has 10 atom stereocenters. The maximum atomic E-state index is 13.1. The van der Waals surface area contributed by atoms with Crippen molar-refractivity contribution >= 4 is 43.8 Å². The standard InChI is InChI=1S/C20H23N9O13P2/c21-15-9-16(23-3-22-15)28(5-26-9)19-13-11(30)7(39-19)1-37-44(35,36)42-14-12(31)8(2-38-43(33,34)41-13)40-20(14)29-6-27-10-17(29)24-4-25-18(10)32/h3-8,11-14,19-20,30-31H,1-2H2,(H,33,34)(H,35,36)(H2,21,22,23)(H,24,25,32)/t7?,8?,11-,12-,13-,14-,19?,20?/m1/s1. The zero-order chi connectivity index (χ0) is 31.0. The molecule has 4 aromatic rings. The van der Waals surface area contributed by atoms with E-state index in [1.54, 1.807) is 0 Å². The number of phosphoric acid groups is 2. The van der Waals surface area contributed by atoms with Crippen LogP contribution in [0.2, 0.25) is 0 Å². The smallest absolute Gasteiger partial charge is 0.387 e. The highest BCUT2D eigenvalue weighted by Crippen LogP contribution is 2.53. The third-order valence-electron chi connectivity index (χ3n) is 7.24. The molecular weight excluding hydrogens is 636 g/mol. The van der Waals surface area contributed by atoms with E-state index in [1.165, 1.54) is 10.9 Å². The number of aliphatic hydroxyl groups excluding tert-OH is 2. The number of aliphatic hydroxyl groups is 2. The van der Waals surface area contributed by atoms with E-state index in [1.807, 2.05) is 0 Å². The molecule has 0 radical (unpaired) electrons. The van der Waals surface area contributed by atoms with E-state index < -0.39 is 83.5 Å². The monoisotopic (exact) mass is 659 g/mol. The third-order valence-corrected chi connectivity index (χ3v) is 9.21. The number of fused-ring (bicyclic) bond motifs is 6. The molecule has 7 N–H and O–H groups in total. The number of imidazole rings is 2. The Morgan fingerprint density at radius 2 is 1.34 bits per heavy atom. The molecule has 3 fully saturated rings. The second-order valence-corrected chi connectivity index (χ2v) is 12.7. The number of H-pyrrole nitrogens is 1. The molecule has 6 unspecified atom stereocenters. The van der Waals surface area contributed by atoms with Crippen LogP contribution in [0.15, 0.2) is 30.1 Å². The van der Waals surface area contributed by atoms with Crippen molar-refractivity contribution in [1.82, 2.24) is 39.0 Å². The Morgan fingerprint density at radius 1 is 0.818 bits per heavy atom. The second kappa shape index (κ2) is 10.7. The maximum Gasteiger partial charge on any atom is 0.472 e. The number of phosphoric ester groups is 2. The highest BCUT2D eigenvalue weighted by atomic mass is 31.2. The number of aromatic nitrogens is 8. The molecule has 4 aromatic heterocycles. The fraction of sp³-hybridized carbons (Fsp3) is 0.500. The van der Waals surface area contributed by atoms with Gasteiger partial charge in [-0.25, -0.2) is 34.0 Å². The van der Waals surface area contributed by atoms with Gasteiger partial charge in [0.25, 0.3) is 5.56 Å². The normalized spacial score (nSPS) is 38.3. The van der Waals surface area contributed by atoms with Crippen molar-refractivity contribution in [1.29, 1.82) is 0 Å². The van der Waals surface area contributed by atoms with Gasteiger partial charge in [-0.15, -0.1) is 0 Å². The molecule has 44 heavy (non-hydrogen) atoms. The molecule has 0 aliphatic carbocycles. The minimum absolute atomic E-state index is 0.0238. The fourth-order valence-corrected chi connectivity index (χ4v) is 7.06.